The highest BCUT2D eigenvalue weighted by Gasteiger charge is 2.26. The summed E-state index contributed by atoms with van der Waals surface area (Å²) >= 11 is 0. The van der Waals surface area contributed by atoms with Gasteiger partial charge in [-0.25, -0.2) is 18.0 Å². The Bertz CT molecular complexity index is 1450. The van der Waals surface area contributed by atoms with Gasteiger partial charge in [0.2, 0.25) is 5.89 Å². The molecule has 0 atom stereocenters. The van der Waals surface area contributed by atoms with Crippen molar-refractivity contribution < 1.29 is 26.4 Å². The molecule has 2 aromatic carbocycles. The lowest BCUT2D eigenvalue weighted by Crippen LogP contribution is -2.36. The molecule has 0 spiro atoms. The monoisotopic (exact) mass is 493 g/mol. The summed E-state index contributed by atoms with van der Waals surface area (Å²) in [4.78, 5) is 15.5. The number of alkyl halides is 2. The summed E-state index contributed by atoms with van der Waals surface area (Å²) in [5.41, 5.74) is 0.0543. The zero-order valence-electron chi connectivity index (χ0n) is 18.5. The second kappa shape index (κ2) is 8.91. The van der Waals surface area contributed by atoms with E-state index in [-0.39, 0.29) is 40.6 Å². The van der Waals surface area contributed by atoms with Crippen LogP contribution in [-0.2, 0) is 6.54 Å². The van der Waals surface area contributed by atoms with E-state index in [1.165, 1.54) is 21.3 Å². The molecular weight excluding hydrogens is 473 g/mol. The van der Waals surface area contributed by atoms with E-state index in [1.807, 2.05) is 7.05 Å². The van der Waals surface area contributed by atoms with Crippen LogP contribution < -0.4 is 5.69 Å². The number of piperidine rings is 1. The summed E-state index contributed by atoms with van der Waals surface area (Å²) in [6.45, 7) is 1.23. The van der Waals surface area contributed by atoms with Gasteiger partial charge >= 0.3 is 12.1 Å². The fourth-order valence-electron chi connectivity index (χ4n) is 4.45. The molecule has 184 valence electrons. The Morgan fingerprint density at radius 3 is 2.31 bits per heavy atom. The van der Waals surface area contributed by atoms with Gasteiger partial charge in [0.05, 0.1) is 17.6 Å². The fourth-order valence-corrected chi connectivity index (χ4v) is 4.45. The Morgan fingerprint density at radius 1 is 1.00 bits per heavy atom. The zero-order valence-corrected chi connectivity index (χ0v) is 18.5. The number of rotatable bonds is 5. The number of likely N-dealkylation sites (tertiary alicyclic amines) is 1. The van der Waals surface area contributed by atoms with Crippen molar-refractivity contribution in [1.82, 2.24) is 24.2 Å². The average molecular weight is 493 g/mol. The van der Waals surface area contributed by atoms with Crippen LogP contribution >= 0.6 is 0 Å². The van der Waals surface area contributed by atoms with Gasteiger partial charge in [-0.05, 0) is 45.1 Å². The lowest BCUT2D eigenvalue weighted by Gasteiger charge is -2.29. The first-order valence-electron chi connectivity index (χ1n) is 10.9. The van der Waals surface area contributed by atoms with Crippen molar-refractivity contribution in [2.75, 3.05) is 20.1 Å². The molecule has 1 fully saturated rings. The van der Waals surface area contributed by atoms with Gasteiger partial charge in [-0.3, -0.25) is 9.13 Å². The van der Waals surface area contributed by atoms with E-state index in [1.54, 1.807) is 0 Å². The lowest BCUT2D eigenvalue weighted by atomic mass is 10.1. The Hall–Kier alpha value is -3.54. The van der Waals surface area contributed by atoms with Crippen LogP contribution in [-0.4, -0.2) is 44.4 Å². The molecular formula is C23H20F5N5O2. The minimum absolute atomic E-state index is 0.0802. The largest absolute Gasteiger partial charge is 0.415 e. The van der Waals surface area contributed by atoms with Crippen molar-refractivity contribution in [2.24, 2.45) is 0 Å². The maximum Gasteiger partial charge on any atom is 0.329 e. The first-order valence-corrected chi connectivity index (χ1v) is 10.9. The normalized spacial score (nSPS) is 15.5. The highest BCUT2D eigenvalue weighted by atomic mass is 19.3. The molecule has 0 bridgehead atoms. The van der Waals surface area contributed by atoms with Gasteiger partial charge in [-0.15, -0.1) is 10.2 Å². The van der Waals surface area contributed by atoms with Gasteiger partial charge in [0, 0.05) is 29.3 Å². The zero-order chi connectivity index (χ0) is 24.9. The van der Waals surface area contributed by atoms with Crippen LogP contribution in [0.3, 0.4) is 0 Å². The van der Waals surface area contributed by atoms with E-state index < -0.39 is 35.5 Å². The predicted molar refractivity (Wildman–Crippen MR) is 116 cm³/mol. The van der Waals surface area contributed by atoms with E-state index in [9.17, 15) is 26.7 Å². The number of hydrogen-bond acceptors (Lipinski definition) is 5. The van der Waals surface area contributed by atoms with Crippen LogP contribution in [0.25, 0.3) is 22.5 Å². The fraction of sp³-hybridized carbons (Fsp3) is 0.348. The van der Waals surface area contributed by atoms with Crippen LogP contribution in [0.5, 0.6) is 0 Å². The molecule has 0 unspecified atom stereocenters. The number of nitrogens with zero attached hydrogens (tertiary/aromatic N) is 5. The summed E-state index contributed by atoms with van der Waals surface area (Å²) in [5.74, 6) is -4.11. The molecule has 3 heterocycles. The van der Waals surface area contributed by atoms with Crippen LogP contribution in [0, 0.1) is 17.5 Å². The first-order chi connectivity index (χ1) is 16.7. The molecule has 2 aromatic heterocycles. The third kappa shape index (κ3) is 4.22. The molecule has 0 N–H and O–H groups in total. The summed E-state index contributed by atoms with van der Waals surface area (Å²) in [6.07, 6.45) is -1.65. The average Bonchev–Trinajstić information content (AvgIpc) is 3.41. The highest BCUT2D eigenvalue weighted by molar-refractivity contribution is 5.76. The molecule has 35 heavy (non-hydrogen) atoms. The maximum atomic E-state index is 15.0. The number of aromatic nitrogens is 4. The number of imidazole rings is 1. The van der Waals surface area contributed by atoms with Gasteiger partial charge in [0.25, 0.3) is 5.89 Å². The van der Waals surface area contributed by atoms with E-state index in [0.717, 1.165) is 31.3 Å². The third-order valence-electron chi connectivity index (χ3n) is 6.31. The van der Waals surface area contributed by atoms with E-state index in [4.69, 9.17) is 4.42 Å². The van der Waals surface area contributed by atoms with E-state index in [0.29, 0.717) is 12.8 Å². The lowest BCUT2D eigenvalue weighted by molar-refractivity contribution is 0.116. The quantitative estimate of drug-likeness (QED) is 0.383. The molecule has 1 saturated heterocycles. The molecule has 5 rings (SSSR count). The van der Waals surface area contributed by atoms with Crippen LogP contribution in [0.1, 0.15) is 36.8 Å². The minimum Gasteiger partial charge on any atom is -0.415 e. The van der Waals surface area contributed by atoms with Crippen molar-refractivity contribution in [2.45, 2.75) is 31.9 Å². The molecule has 0 amide bonds. The smallest absolute Gasteiger partial charge is 0.329 e. The van der Waals surface area contributed by atoms with Crippen molar-refractivity contribution >= 4 is 11.0 Å². The summed E-state index contributed by atoms with van der Waals surface area (Å²) < 4.78 is 76.1. The van der Waals surface area contributed by atoms with E-state index in [2.05, 4.69) is 15.1 Å². The molecule has 1 aliphatic rings. The van der Waals surface area contributed by atoms with Gasteiger partial charge in [0.15, 0.2) is 11.6 Å². The van der Waals surface area contributed by atoms with Gasteiger partial charge in [-0.2, -0.15) is 8.78 Å². The Balaban J connectivity index is 1.54. The second-order valence-electron chi connectivity index (χ2n) is 8.58. The van der Waals surface area contributed by atoms with Crippen molar-refractivity contribution in [1.29, 1.82) is 0 Å². The second-order valence-corrected chi connectivity index (χ2v) is 8.58. The third-order valence-corrected chi connectivity index (χ3v) is 6.31. The molecule has 7 nitrogen and oxygen atoms in total. The minimum atomic E-state index is -2.96. The Morgan fingerprint density at radius 2 is 1.69 bits per heavy atom. The molecule has 0 aliphatic carbocycles. The molecule has 4 aromatic rings. The van der Waals surface area contributed by atoms with Gasteiger partial charge in [0.1, 0.15) is 5.82 Å². The van der Waals surface area contributed by atoms with Crippen molar-refractivity contribution in [3.8, 4) is 11.5 Å². The van der Waals surface area contributed by atoms with Crippen LogP contribution in [0.2, 0.25) is 0 Å². The number of benzene rings is 2. The summed E-state index contributed by atoms with van der Waals surface area (Å²) in [5, 5.41) is 6.71. The van der Waals surface area contributed by atoms with E-state index >= 15 is 0 Å². The van der Waals surface area contributed by atoms with Gasteiger partial charge < -0.3 is 9.32 Å². The van der Waals surface area contributed by atoms with Crippen LogP contribution in [0.4, 0.5) is 22.0 Å². The maximum absolute atomic E-state index is 15.0. The SMILES string of the molecule is CN1CCC(n2c(=O)n(Cc3ccc(-c4nnc(C(F)F)o4)cc3F)c3cc(F)c(F)cc32)CC1. The Labute approximate surface area is 195 Å². The highest BCUT2D eigenvalue weighted by Crippen LogP contribution is 2.28. The first kappa shape index (κ1) is 23.2. The molecule has 0 radical (unpaired) electrons. The summed E-state index contributed by atoms with van der Waals surface area (Å²) in [6, 6.07) is 5.50. The molecule has 1 aliphatic heterocycles. The molecule has 0 saturated carbocycles. The topological polar surface area (TPSA) is 69.1 Å². The Kier molecular flexibility index (Phi) is 5.91. The number of fused-ring (bicyclic) bond motifs is 1. The number of halogens is 5. The molecule has 12 heteroatoms. The van der Waals surface area contributed by atoms with Crippen molar-refractivity contribution in [3.05, 3.63) is 69.7 Å². The number of hydrogen-bond donors (Lipinski definition) is 0. The van der Waals surface area contributed by atoms with Crippen molar-refractivity contribution in [3.63, 3.8) is 0 Å². The summed E-state index contributed by atoms with van der Waals surface area (Å²) in [7, 11) is 1.96. The van der Waals surface area contributed by atoms with Gasteiger partial charge in [-0.1, -0.05) is 6.07 Å². The van der Waals surface area contributed by atoms with Crippen LogP contribution in [0.15, 0.2) is 39.5 Å². The predicted octanol–water partition coefficient (Wildman–Crippen LogP) is 4.52. The standard InChI is InChI=1S/C23H20F5N5O2/c1-31-6-4-14(5-7-31)33-19-10-17(26)16(25)9-18(19)32(23(33)34)11-13-3-2-12(8-15(13)24)21-29-30-22(35-21)20(27)28/h2-3,8-10,14,20H,4-7,11H2,1H3.